The van der Waals surface area contributed by atoms with Gasteiger partial charge in [-0.05, 0) is 106 Å². The molecule has 0 radical (unpaired) electrons. The maximum atomic E-state index is 2.39. The molecule has 2 nitrogen and oxygen atoms in total. The fraction of sp³-hybridized carbons (Fsp3) is 0.0667. The lowest BCUT2D eigenvalue weighted by Crippen LogP contribution is -2.10. The number of nitrogens with zero attached hydrogens (tertiary/aromatic N) is 2. The van der Waals surface area contributed by atoms with E-state index >= 15 is 0 Å². The van der Waals surface area contributed by atoms with Crippen LogP contribution >= 0.6 is 0 Å². The first-order chi connectivity index (χ1) is 23.2. The van der Waals surface area contributed by atoms with Gasteiger partial charge in [0.2, 0.25) is 0 Å². The number of benzene rings is 7. The minimum Gasteiger partial charge on any atom is -0.345 e. The molecule has 1 aliphatic carbocycles. The molecule has 226 valence electrons. The van der Waals surface area contributed by atoms with E-state index in [2.05, 4.69) is 193 Å². The van der Waals surface area contributed by atoms with Crippen LogP contribution in [-0.2, 0) is 0 Å². The van der Waals surface area contributed by atoms with Gasteiger partial charge in [-0.25, -0.2) is 0 Å². The van der Waals surface area contributed by atoms with Gasteiger partial charge in [-0.15, -0.1) is 0 Å². The minimum absolute atomic E-state index is 1.09. The van der Waals surface area contributed by atoms with E-state index in [-0.39, 0.29) is 0 Å². The van der Waals surface area contributed by atoms with Gasteiger partial charge < -0.3 is 9.80 Å². The van der Waals surface area contributed by atoms with Gasteiger partial charge in [0.15, 0.2) is 0 Å². The monoisotopic (exact) mass is 604 g/mol. The van der Waals surface area contributed by atoms with Crippen molar-refractivity contribution in [2.75, 3.05) is 16.8 Å². The molecule has 0 saturated heterocycles. The van der Waals surface area contributed by atoms with Gasteiger partial charge in [0.25, 0.3) is 0 Å². The number of hydrogen-bond acceptors (Lipinski definition) is 2. The zero-order valence-corrected chi connectivity index (χ0v) is 26.6. The number of allylic oxidation sites excluding steroid dienone is 4. The Morgan fingerprint density at radius 2 is 1.11 bits per heavy atom. The lowest BCUT2D eigenvalue weighted by Gasteiger charge is -2.27. The normalized spacial score (nSPS) is 12.7. The summed E-state index contributed by atoms with van der Waals surface area (Å²) in [6.07, 6.45) is 9.08. The van der Waals surface area contributed by atoms with Gasteiger partial charge in [0.1, 0.15) is 0 Å². The summed E-state index contributed by atoms with van der Waals surface area (Å²) in [5, 5.41) is 4.97. The van der Waals surface area contributed by atoms with E-state index in [4.69, 9.17) is 0 Å². The fourth-order valence-corrected chi connectivity index (χ4v) is 6.70. The second kappa shape index (κ2) is 12.5. The Balaban J connectivity index is 1.13. The Labute approximate surface area is 277 Å². The molecule has 0 saturated carbocycles. The fourth-order valence-electron chi connectivity index (χ4n) is 6.70. The van der Waals surface area contributed by atoms with E-state index < -0.39 is 0 Å². The van der Waals surface area contributed by atoms with Crippen LogP contribution in [0.5, 0.6) is 0 Å². The highest BCUT2D eigenvalue weighted by Crippen LogP contribution is 2.40. The summed E-state index contributed by atoms with van der Waals surface area (Å²) in [6.45, 7) is 0. The van der Waals surface area contributed by atoms with Gasteiger partial charge in [0.05, 0.1) is 5.69 Å². The molecular formula is C45H36N2. The van der Waals surface area contributed by atoms with E-state index in [9.17, 15) is 0 Å². The zero-order chi connectivity index (χ0) is 31.6. The SMILES string of the molecule is CN(c1ccc(-c2ccc(N(c3cccc(C4=CCCC=C4)c3)c3cccc4ccccc34)cc2)cc1)c1ccc2ccccc2c1. The number of hydrogen-bond donors (Lipinski definition) is 0. The van der Waals surface area contributed by atoms with E-state index in [0.29, 0.717) is 0 Å². The Kier molecular flexibility index (Phi) is 7.61. The maximum Gasteiger partial charge on any atom is 0.0540 e. The summed E-state index contributed by atoms with van der Waals surface area (Å²) in [4.78, 5) is 4.64. The van der Waals surface area contributed by atoms with Crippen molar-refractivity contribution in [1.82, 2.24) is 0 Å². The van der Waals surface area contributed by atoms with Crippen LogP contribution in [0.2, 0.25) is 0 Å². The van der Waals surface area contributed by atoms with Gasteiger partial charge in [-0.3, -0.25) is 0 Å². The molecule has 0 heterocycles. The van der Waals surface area contributed by atoms with Gasteiger partial charge in [-0.1, -0.05) is 121 Å². The lowest BCUT2D eigenvalue weighted by atomic mass is 9.98. The molecule has 7 aromatic rings. The molecule has 0 spiro atoms. The summed E-state index contributed by atoms with van der Waals surface area (Å²) in [5.74, 6) is 0. The second-order valence-electron chi connectivity index (χ2n) is 12.2. The van der Waals surface area contributed by atoms with Crippen LogP contribution < -0.4 is 9.80 Å². The average molecular weight is 605 g/mol. The largest absolute Gasteiger partial charge is 0.345 e. The number of anilines is 5. The van der Waals surface area contributed by atoms with Crippen molar-refractivity contribution in [3.05, 3.63) is 182 Å². The molecule has 0 aromatic heterocycles. The van der Waals surface area contributed by atoms with Crippen molar-refractivity contribution in [1.29, 1.82) is 0 Å². The van der Waals surface area contributed by atoms with E-state index in [1.807, 2.05) is 0 Å². The zero-order valence-electron chi connectivity index (χ0n) is 26.6. The summed E-state index contributed by atoms with van der Waals surface area (Å²) in [7, 11) is 2.13. The van der Waals surface area contributed by atoms with Crippen LogP contribution in [0.3, 0.4) is 0 Å². The van der Waals surface area contributed by atoms with Crippen LogP contribution in [0.4, 0.5) is 28.4 Å². The van der Waals surface area contributed by atoms with E-state index in [1.165, 1.54) is 55.2 Å². The van der Waals surface area contributed by atoms with E-state index in [1.54, 1.807) is 0 Å². The van der Waals surface area contributed by atoms with Crippen molar-refractivity contribution in [3.8, 4) is 11.1 Å². The van der Waals surface area contributed by atoms with Crippen LogP contribution in [0.15, 0.2) is 176 Å². The third kappa shape index (κ3) is 5.71. The molecule has 47 heavy (non-hydrogen) atoms. The van der Waals surface area contributed by atoms with Gasteiger partial charge >= 0.3 is 0 Å². The van der Waals surface area contributed by atoms with E-state index in [0.717, 1.165) is 29.9 Å². The standard InChI is InChI=1S/C45H36N2/c1-46(42-30-25-34-13-5-6-15-38(34)31-42)40-26-21-35(22-27-40)36-23-28-41(29-24-36)47(45-20-10-16-37-14-7-8-19-44(37)45)43-18-9-17-39(32-43)33-11-3-2-4-12-33/h3,5-32H,2,4H2,1H3. The topological polar surface area (TPSA) is 6.48 Å². The van der Waals surface area contributed by atoms with Crippen molar-refractivity contribution in [2.45, 2.75) is 12.8 Å². The third-order valence-corrected chi connectivity index (χ3v) is 9.27. The molecule has 0 N–H and O–H groups in total. The summed E-state index contributed by atoms with van der Waals surface area (Å²) in [5.41, 5.74) is 10.7. The Morgan fingerprint density at radius 1 is 0.447 bits per heavy atom. The molecule has 0 atom stereocenters. The highest BCUT2D eigenvalue weighted by atomic mass is 15.1. The lowest BCUT2D eigenvalue weighted by molar-refractivity contribution is 1.04. The first-order valence-electron chi connectivity index (χ1n) is 16.4. The van der Waals surface area contributed by atoms with Crippen molar-refractivity contribution in [3.63, 3.8) is 0 Å². The quantitative estimate of drug-likeness (QED) is 0.179. The van der Waals surface area contributed by atoms with Crippen LogP contribution in [0.1, 0.15) is 18.4 Å². The molecule has 2 heteroatoms. The third-order valence-electron chi connectivity index (χ3n) is 9.27. The highest BCUT2D eigenvalue weighted by molar-refractivity contribution is 5.99. The summed E-state index contributed by atoms with van der Waals surface area (Å²) >= 11 is 0. The van der Waals surface area contributed by atoms with Gasteiger partial charge in [0, 0.05) is 35.2 Å². The summed E-state index contributed by atoms with van der Waals surface area (Å²) in [6, 6.07) is 57.1. The van der Waals surface area contributed by atoms with Crippen molar-refractivity contribution < 1.29 is 0 Å². The van der Waals surface area contributed by atoms with Crippen molar-refractivity contribution >= 4 is 55.6 Å². The molecule has 0 bridgehead atoms. The Morgan fingerprint density at radius 3 is 1.87 bits per heavy atom. The summed E-state index contributed by atoms with van der Waals surface area (Å²) < 4.78 is 0. The predicted octanol–water partition coefficient (Wildman–Crippen LogP) is 12.6. The Hall–Kier alpha value is -5.86. The highest BCUT2D eigenvalue weighted by Gasteiger charge is 2.17. The maximum absolute atomic E-state index is 2.39. The number of rotatable bonds is 7. The molecular weight excluding hydrogens is 569 g/mol. The molecule has 7 aromatic carbocycles. The molecule has 0 amide bonds. The molecule has 0 aliphatic heterocycles. The first-order valence-corrected chi connectivity index (χ1v) is 16.4. The van der Waals surface area contributed by atoms with Gasteiger partial charge in [-0.2, -0.15) is 0 Å². The molecule has 8 rings (SSSR count). The molecule has 0 unspecified atom stereocenters. The first kappa shape index (κ1) is 28.6. The van der Waals surface area contributed by atoms with Crippen LogP contribution in [-0.4, -0.2) is 7.05 Å². The second-order valence-corrected chi connectivity index (χ2v) is 12.2. The van der Waals surface area contributed by atoms with Crippen LogP contribution in [0.25, 0.3) is 38.2 Å². The average Bonchev–Trinajstić information content (AvgIpc) is 3.15. The smallest absolute Gasteiger partial charge is 0.0540 e. The number of fused-ring (bicyclic) bond motifs is 2. The molecule has 1 aliphatic rings. The minimum atomic E-state index is 1.09. The Bertz CT molecular complexity index is 2250. The van der Waals surface area contributed by atoms with Crippen LogP contribution in [0, 0.1) is 0 Å². The van der Waals surface area contributed by atoms with Crippen molar-refractivity contribution in [2.24, 2.45) is 0 Å². The molecule has 0 fully saturated rings. The predicted molar refractivity (Wildman–Crippen MR) is 202 cm³/mol.